The molecule has 27 heavy (non-hydrogen) atoms. The minimum absolute atomic E-state index is 0.281. The number of hydrogen-bond donors (Lipinski definition) is 2. The number of benzene rings is 1. The summed E-state index contributed by atoms with van der Waals surface area (Å²) in [6.07, 6.45) is 2.45. The fourth-order valence-corrected chi connectivity index (χ4v) is 2.74. The molecule has 0 aliphatic carbocycles. The van der Waals surface area contributed by atoms with Gasteiger partial charge in [-0.1, -0.05) is 0 Å². The van der Waals surface area contributed by atoms with Crippen molar-refractivity contribution in [1.82, 2.24) is 4.98 Å². The van der Waals surface area contributed by atoms with Gasteiger partial charge in [-0.15, -0.1) is 0 Å². The minimum atomic E-state index is -0.436. The summed E-state index contributed by atoms with van der Waals surface area (Å²) in [4.78, 5) is 30.2. The van der Waals surface area contributed by atoms with Crippen LogP contribution >= 0.6 is 0 Å². The number of quaternary nitrogens is 1. The molecule has 0 spiro atoms. The van der Waals surface area contributed by atoms with Gasteiger partial charge in [0, 0.05) is 24.5 Å². The largest absolute Gasteiger partial charge is 0.462 e. The Bertz CT molecular complexity index is 800. The third kappa shape index (κ3) is 5.40. The molecule has 146 valence electrons. The van der Waals surface area contributed by atoms with Crippen LogP contribution in [0.1, 0.15) is 41.0 Å². The molecule has 1 aromatic carbocycles. The van der Waals surface area contributed by atoms with Gasteiger partial charge in [0.2, 0.25) is 0 Å². The first-order valence-electron chi connectivity index (χ1n) is 9.27. The van der Waals surface area contributed by atoms with Crippen LogP contribution < -0.4 is 10.2 Å². The number of nitrogens with one attached hydrogen (secondary N) is 2. The van der Waals surface area contributed by atoms with Crippen molar-refractivity contribution in [3.63, 3.8) is 0 Å². The molecule has 0 unspecified atom stereocenters. The Balaban J connectivity index is 2.44. The Labute approximate surface area is 159 Å². The molecule has 7 heteroatoms. The first kappa shape index (κ1) is 20.6. The number of esters is 2. The summed E-state index contributed by atoms with van der Waals surface area (Å²) in [7, 11) is 4.19. The second-order valence-electron chi connectivity index (χ2n) is 6.46. The normalized spacial score (nSPS) is 10.9. The van der Waals surface area contributed by atoms with Crippen LogP contribution in [-0.2, 0) is 9.47 Å². The first-order valence-corrected chi connectivity index (χ1v) is 9.27. The molecule has 2 rings (SSSR count). The lowest BCUT2D eigenvalue weighted by atomic mass is 10.1. The Morgan fingerprint density at radius 3 is 2.48 bits per heavy atom. The van der Waals surface area contributed by atoms with Crippen LogP contribution in [0.15, 0.2) is 24.4 Å². The number of carbonyl (C=O) groups excluding carboxylic acids is 2. The van der Waals surface area contributed by atoms with Crippen molar-refractivity contribution in [2.24, 2.45) is 0 Å². The SMILES string of the molecule is CCOC(=O)c1ccc2ncc(C(=O)OCC)c(NCCC[NH+](C)C)c2c1. The monoisotopic (exact) mass is 374 g/mol. The maximum absolute atomic E-state index is 12.4. The van der Waals surface area contributed by atoms with E-state index in [9.17, 15) is 9.59 Å². The molecule has 0 saturated heterocycles. The third-order valence-corrected chi connectivity index (χ3v) is 4.03. The summed E-state index contributed by atoms with van der Waals surface area (Å²) >= 11 is 0. The zero-order valence-corrected chi connectivity index (χ0v) is 16.4. The Morgan fingerprint density at radius 2 is 1.81 bits per heavy atom. The predicted octanol–water partition coefficient (Wildman–Crippen LogP) is 1.53. The molecule has 0 aliphatic rings. The maximum atomic E-state index is 12.4. The van der Waals surface area contributed by atoms with E-state index in [4.69, 9.17) is 9.47 Å². The quantitative estimate of drug-likeness (QED) is 0.512. The lowest BCUT2D eigenvalue weighted by Gasteiger charge is -2.15. The van der Waals surface area contributed by atoms with Gasteiger partial charge in [0.05, 0.1) is 50.6 Å². The van der Waals surface area contributed by atoms with Crippen molar-refractivity contribution in [2.75, 3.05) is 45.7 Å². The number of fused-ring (bicyclic) bond motifs is 1. The van der Waals surface area contributed by atoms with Crippen LogP contribution in [0.25, 0.3) is 10.9 Å². The van der Waals surface area contributed by atoms with Crippen molar-refractivity contribution in [2.45, 2.75) is 20.3 Å². The third-order valence-electron chi connectivity index (χ3n) is 4.03. The topological polar surface area (TPSA) is 82.0 Å². The van der Waals surface area contributed by atoms with Crippen molar-refractivity contribution in [1.29, 1.82) is 0 Å². The molecule has 0 bridgehead atoms. The fraction of sp³-hybridized carbons (Fsp3) is 0.450. The highest BCUT2D eigenvalue weighted by Crippen LogP contribution is 2.28. The van der Waals surface area contributed by atoms with Crippen LogP contribution in [0.3, 0.4) is 0 Å². The molecule has 0 amide bonds. The minimum Gasteiger partial charge on any atom is -0.462 e. The van der Waals surface area contributed by atoms with Crippen LogP contribution in [0.5, 0.6) is 0 Å². The maximum Gasteiger partial charge on any atom is 0.341 e. The van der Waals surface area contributed by atoms with E-state index in [1.165, 1.54) is 11.1 Å². The molecule has 0 atom stereocenters. The lowest BCUT2D eigenvalue weighted by molar-refractivity contribution is -0.858. The summed E-state index contributed by atoms with van der Waals surface area (Å²) in [5, 5.41) is 4.04. The van der Waals surface area contributed by atoms with Gasteiger partial charge in [-0.3, -0.25) is 4.98 Å². The molecule has 7 nitrogen and oxygen atoms in total. The van der Waals surface area contributed by atoms with Gasteiger partial charge in [0.25, 0.3) is 0 Å². The molecule has 2 N–H and O–H groups in total. The summed E-state index contributed by atoms with van der Waals surface area (Å²) < 4.78 is 10.2. The Hall–Kier alpha value is -2.67. The van der Waals surface area contributed by atoms with E-state index in [1.54, 1.807) is 32.0 Å². The van der Waals surface area contributed by atoms with Crippen LogP contribution in [0.2, 0.25) is 0 Å². The highest BCUT2D eigenvalue weighted by Gasteiger charge is 2.18. The Kier molecular flexibility index (Phi) is 7.55. The number of rotatable bonds is 9. The summed E-state index contributed by atoms with van der Waals surface area (Å²) in [5.41, 5.74) is 2.12. The number of aromatic nitrogens is 1. The molecule has 0 radical (unpaired) electrons. The van der Waals surface area contributed by atoms with Crippen molar-refractivity contribution in [3.05, 3.63) is 35.5 Å². The fourth-order valence-electron chi connectivity index (χ4n) is 2.74. The van der Waals surface area contributed by atoms with E-state index in [-0.39, 0.29) is 6.61 Å². The van der Waals surface area contributed by atoms with E-state index in [0.29, 0.717) is 40.9 Å². The number of hydrogen-bond acceptors (Lipinski definition) is 6. The van der Waals surface area contributed by atoms with E-state index < -0.39 is 11.9 Å². The van der Waals surface area contributed by atoms with Gasteiger partial charge < -0.3 is 19.7 Å². The highest BCUT2D eigenvalue weighted by atomic mass is 16.5. The van der Waals surface area contributed by atoms with Gasteiger partial charge >= 0.3 is 11.9 Å². The molecule has 2 aromatic rings. The van der Waals surface area contributed by atoms with Gasteiger partial charge in [-0.05, 0) is 32.0 Å². The summed E-state index contributed by atoms with van der Waals surface area (Å²) in [6.45, 7) is 5.80. The zero-order valence-electron chi connectivity index (χ0n) is 16.4. The van der Waals surface area contributed by atoms with E-state index in [1.807, 2.05) is 0 Å². The van der Waals surface area contributed by atoms with E-state index in [0.717, 1.165) is 13.0 Å². The van der Waals surface area contributed by atoms with E-state index in [2.05, 4.69) is 24.4 Å². The number of pyridine rings is 1. The first-order chi connectivity index (χ1) is 13.0. The molecule has 0 saturated carbocycles. The highest BCUT2D eigenvalue weighted by molar-refractivity contribution is 6.06. The molecule has 0 aliphatic heterocycles. The van der Waals surface area contributed by atoms with Crippen LogP contribution in [0.4, 0.5) is 5.69 Å². The smallest absolute Gasteiger partial charge is 0.341 e. The Morgan fingerprint density at radius 1 is 1.11 bits per heavy atom. The second-order valence-corrected chi connectivity index (χ2v) is 6.46. The average molecular weight is 374 g/mol. The van der Waals surface area contributed by atoms with Crippen molar-refractivity contribution >= 4 is 28.5 Å². The number of anilines is 1. The zero-order chi connectivity index (χ0) is 19.8. The molecule has 1 heterocycles. The predicted molar refractivity (Wildman–Crippen MR) is 104 cm³/mol. The second kappa shape index (κ2) is 9.87. The van der Waals surface area contributed by atoms with Gasteiger partial charge in [-0.2, -0.15) is 0 Å². The van der Waals surface area contributed by atoms with Gasteiger partial charge in [0.1, 0.15) is 5.56 Å². The van der Waals surface area contributed by atoms with Crippen LogP contribution in [0, 0.1) is 0 Å². The van der Waals surface area contributed by atoms with Gasteiger partial charge in [-0.25, -0.2) is 9.59 Å². The number of nitrogens with zero attached hydrogens (tertiary/aromatic N) is 1. The number of ether oxygens (including phenoxy) is 2. The average Bonchev–Trinajstić information content (AvgIpc) is 2.64. The molecular formula is C20H28N3O4+. The summed E-state index contributed by atoms with van der Waals surface area (Å²) in [6, 6.07) is 5.14. The molecule has 1 aromatic heterocycles. The lowest BCUT2D eigenvalue weighted by Crippen LogP contribution is -3.05. The standard InChI is InChI=1S/C20H27N3O4/c1-5-26-19(24)14-8-9-17-15(12-14)18(21-10-7-11-23(3)4)16(13-22-17)20(25)27-6-2/h8-9,12-13H,5-7,10-11H2,1-4H3,(H,21,22)/p+1. The van der Waals surface area contributed by atoms with Crippen LogP contribution in [-0.4, -0.2) is 57.3 Å². The van der Waals surface area contributed by atoms with Crippen molar-refractivity contribution < 1.29 is 24.0 Å². The van der Waals surface area contributed by atoms with Crippen molar-refractivity contribution in [3.8, 4) is 0 Å². The summed E-state index contributed by atoms with van der Waals surface area (Å²) in [5.74, 6) is -0.836. The van der Waals surface area contributed by atoms with Gasteiger partial charge in [0.15, 0.2) is 0 Å². The van der Waals surface area contributed by atoms with E-state index >= 15 is 0 Å². The molecular weight excluding hydrogens is 346 g/mol. The molecule has 0 fully saturated rings. The number of carbonyl (C=O) groups is 2.